The van der Waals surface area contributed by atoms with E-state index < -0.39 is 5.97 Å². The molecule has 0 aliphatic heterocycles. The SMILES string of the molecule is O=C(O)CCCCCNCC1=C=CC=C1. The maximum atomic E-state index is 10.2. The van der Waals surface area contributed by atoms with Gasteiger partial charge in [-0.05, 0) is 31.5 Å². The third-order valence-electron chi connectivity index (χ3n) is 2.22. The predicted octanol–water partition coefficient (Wildman–Crippen LogP) is 1.87. The number of allylic oxidation sites excluding steroid dienone is 1. The summed E-state index contributed by atoms with van der Waals surface area (Å²) in [6.07, 6.45) is 9.00. The van der Waals surface area contributed by atoms with E-state index in [9.17, 15) is 4.79 Å². The second-order valence-electron chi connectivity index (χ2n) is 3.58. The molecule has 15 heavy (non-hydrogen) atoms. The van der Waals surface area contributed by atoms with Crippen LogP contribution in [0.2, 0.25) is 0 Å². The van der Waals surface area contributed by atoms with Gasteiger partial charge in [0.05, 0.1) is 0 Å². The summed E-state index contributed by atoms with van der Waals surface area (Å²) in [5.74, 6) is -0.700. The fraction of sp³-hybridized carbons (Fsp3) is 0.500. The fourth-order valence-corrected chi connectivity index (χ4v) is 1.40. The molecule has 0 heterocycles. The molecule has 82 valence electrons. The van der Waals surface area contributed by atoms with E-state index in [2.05, 4.69) is 11.0 Å². The Morgan fingerprint density at radius 2 is 2.27 bits per heavy atom. The highest BCUT2D eigenvalue weighted by Gasteiger charge is 1.97. The third-order valence-corrected chi connectivity index (χ3v) is 2.22. The highest BCUT2D eigenvalue weighted by Crippen LogP contribution is 2.01. The van der Waals surface area contributed by atoms with Gasteiger partial charge < -0.3 is 10.4 Å². The fourth-order valence-electron chi connectivity index (χ4n) is 1.40. The molecule has 3 nitrogen and oxygen atoms in total. The third kappa shape index (κ3) is 5.89. The van der Waals surface area contributed by atoms with Crippen molar-refractivity contribution in [3.05, 3.63) is 29.5 Å². The standard InChI is InChI=1S/C12H17NO2/c14-12(15)8-2-1-5-9-13-10-11-6-3-4-7-11/h3-4,6,13H,1-2,5,8-10H2,(H,14,15). The van der Waals surface area contributed by atoms with Gasteiger partial charge in [-0.25, -0.2) is 0 Å². The van der Waals surface area contributed by atoms with E-state index in [0.29, 0.717) is 0 Å². The monoisotopic (exact) mass is 207 g/mol. The van der Waals surface area contributed by atoms with E-state index in [4.69, 9.17) is 5.11 Å². The maximum absolute atomic E-state index is 10.2. The topological polar surface area (TPSA) is 49.3 Å². The number of aliphatic carboxylic acids is 1. The zero-order valence-corrected chi connectivity index (χ0v) is 8.83. The van der Waals surface area contributed by atoms with Crippen molar-refractivity contribution in [1.29, 1.82) is 0 Å². The second-order valence-corrected chi connectivity index (χ2v) is 3.58. The van der Waals surface area contributed by atoms with Crippen molar-refractivity contribution >= 4 is 5.97 Å². The van der Waals surface area contributed by atoms with Gasteiger partial charge in [-0.15, -0.1) is 5.73 Å². The molecule has 0 bridgehead atoms. The molecule has 1 aliphatic carbocycles. The summed E-state index contributed by atoms with van der Waals surface area (Å²) in [5, 5.41) is 11.7. The van der Waals surface area contributed by atoms with Crippen molar-refractivity contribution in [2.24, 2.45) is 0 Å². The van der Waals surface area contributed by atoms with Gasteiger partial charge in [0, 0.05) is 18.5 Å². The Bertz CT molecular complexity index is 299. The minimum Gasteiger partial charge on any atom is -0.481 e. The average molecular weight is 207 g/mol. The first kappa shape index (κ1) is 11.8. The molecular formula is C12H17NO2. The first-order chi connectivity index (χ1) is 7.29. The van der Waals surface area contributed by atoms with Crippen molar-refractivity contribution in [1.82, 2.24) is 5.32 Å². The van der Waals surface area contributed by atoms with Crippen LogP contribution in [0, 0.1) is 0 Å². The lowest BCUT2D eigenvalue weighted by atomic mass is 10.2. The van der Waals surface area contributed by atoms with Crippen molar-refractivity contribution in [3.63, 3.8) is 0 Å². The molecule has 0 fully saturated rings. The first-order valence-electron chi connectivity index (χ1n) is 5.34. The minimum absolute atomic E-state index is 0.288. The molecule has 1 rings (SSSR count). The molecule has 0 unspecified atom stereocenters. The normalized spacial score (nSPS) is 13.2. The molecule has 0 aromatic carbocycles. The number of carbonyl (C=O) groups is 1. The van der Waals surface area contributed by atoms with Crippen LogP contribution >= 0.6 is 0 Å². The molecule has 0 saturated heterocycles. The van der Waals surface area contributed by atoms with E-state index in [1.807, 2.05) is 18.2 Å². The van der Waals surface area contributed by atoms with Crippen LogP contribution in [0.25, 0.3) is 0 Å². The summed E-state index contributed by atoms with van der Waals surface area (Å²) in [7, 11) is 0. The van der Waals surface area contributed by atoms with Crippen LogP contribution in [0.1, 0.15) is 25.7 Å². The lowest BCUT2D eigenvalue weighted by molar-refractivity contribution is -0.137. The van der Waals surface area contributed by atoms with Gasteiger partial charge in [-0.1, -0.05) is 12.5 Å². The zero-order chi connectivity index (χ0) is 10.9. The summed E-state index contributed by atoms with van der Waals surface area (Å²) in [6, 6.07) is 0. The van der Waals surface area contributed by atoms with Gasteiger partial charge in [-0.2, -0.15) is 0 Å². The Morgan fingerprint density at radius 1 is 1.40 bits per heavy atom. The maximum Gasteiger partial charge on any atom is 0.303 e. The number of hydrogen-bond acceptors (Lipinski definition) is 2. The largest absolute Gasteiger partial charge is 0.481 e. The van der Waals surface area contributed by atoms with Gasteiger partial charge in [-0.3, -0.25) is 4.79 Å². The van der Waals surface area contributed by atoms with Gasteiger partial charge in [0.25, 0.3) is 0 Å². The Balaban J connectivity index is 1.87. The number of unbranched alkanes of at least 4 members (excludes halogenated alkanes) is 2. The highest BCUT2D eigenvalue weighted by atomic mass is 16.4. The van der Waals surface area contributed by atoms with Gasteiger partial charge >= 0.3 is 5.97 Å². The van der Waals surface area contributed by atoms with E-state index in [-0.39, 0.29) is 6.42 Å². The van der Waals surface area contributed by atoms with E-state index in [1.54, 1.807) is 0 Å². The summed E-state index contributed by atoms with van der Waals surface area (Å²) in [6.45, 7) is 1.80. The van der Waals surface area contributed by atoms with Crippen LogP contribution in [-0.4, -0.2) is 24.2 Å². The average Bonchev–Trinajstić information content (AvgIpc) is 2.68. The number of nitrogens with one attached hydrogen (secondary N) is 1. The molecule has 0 saturated carbocycles. The molecule has 0 aromatic rings. The number of rotatable bonds is 8. The van der Waals surface area contributed by atoms with Crippen molar-refractivity contribution < 1.29 is 9.90 Å². The summed E-state index contributed by atoms with van der Waals surface area (Å²) in [4.78, 5) is 10.2. The van der Waals surface area contributed by atoms with E-state index in [1.165, 1.54) is 5.57 Å². The Hall–Kier alpha value is -1.31. The van der Waals surface area contributed by atoms with Crippen molar-refractivity contribution in [2.45, 2.75) is 25.7 Å². The molecule has 0 atom stereocenters. The molecule has 1 aliphatic rings. The van der Waals surface area contributed by atoms with Crippen LogP contribution in [0.15, 0.2) is 29.5 Å². The van der Waals surface area contributed by atoms with Crippen LogP contribution in [0.4, 0.5) is 0 Å². The lowest BCUT2D eigenvalue weighted by Gasteiger charge is -2.02. The summed E-state index contributed by atoms with van der Waals surface area (Å²) >= 11 is 0. The predicted molar refractivity (Wildman–Crippen MR) is 59.7 cm³/mol. The molecule has 3 heteroatoms. The van der Waals surface area contributed by atoms with E-state index in [0.717, 1.165) is 32.4 Å². The molecule has 0 amide bonds. The van der Waals surface area contributed by atoms with Crippen molar-refractivity contribution in [3.8, 4) is 0 Å². The second kappa shape index (κ2) is 7.04. The number of carboxylic acids is 1. The van der Waals surface area contributed by atoms with Gasteiger partial charge in [0.15, 0.2) is 0 Å². The molecular weight excluding hydrogens is 190 g/mol. The molecule has 0 aromatic heterocycles. The van der Waals surface area contributed by atoms with Crippen LogP contribution < -0.4 is 5.32 Å². The molecule has 2 N–H and O–H groups in total. The number of carboxylic acid groups (broad SMARTS) is 1. The number of hydrogen-bond donors (Lipinski definition) is 2. The van der Waals surface area contributed by atoms with Gasteiger partial charge in [0.1, 0.15) is 0 Å². The van der Waals surface area contributed by atoms with E-state index >= 15 is 0 Å². The smallest absolute Gasteiger partial charge is 0.303 e. The first-order valence-corrected chi connectivity index (χ1v) is 5.34. The zero-order valence-electron chi connectivity index (χ0n) is 8.83. The highest BCUT2D eigenvalue weighted by molar-refractivity contribution is 5.66. The quantitative estimate of drug-likeness (QED) is 0.472. The summed E-state index contributed by atoms with van der Waals surface area (Å²) in [5.41, 5.74) is 4.29. The van der Waals surface area contributed by atoms with Crippen LogP contribution in [0.5, 0.6) is 0 Å². The van der Waals surface area contributed by atoms with Crippen LogP contribution in [-0.2, 0) is 4.79 Å². The lowest BCUT2D eigenvalue weighted by Crippen LogP contribution is -2.17. The Morgan fingerprint density at radius 3 is 2.93 bits per heavy atom. The van der Waals surface area contributed by atoms with Crippen molar-refractivity contribution in [2.75, 3.05) is 13.1 Å². The summed E-state index contributed by atoms with van der Waals surface area (Å²) < 4.78 is 0. The molecule has 0 radical (unpaired) electrons. The molecule has 0 spiro atoms. The Labute approximate surface area is 90.2 Å². The Kier molecular flexibility index (Phi) is 5.52. The minimum atomic E-state index is -0.700. The van der Waals surface area contributed by atoms with Gasteiger partial charge in [0.2, 0.25) is 0 Å². The van der Waals surface area contributed by atoms with Crippen LogP contribution in [0.3, 0.4) is 0 Å².